The van der Waals surface area contributed by atoms with E-state index in [9.17, 15) is 0 Å². The van der Waals surface area contributed by atoms with Gasteiger partial charge >= 0.3 is 0 Å². The molecule has 7 nitrogen and oxygen atoms in total. The molecule has 21 heavy (non-hydrogen) atoms. The SMILES string of the molecule is CCc1nnc(N2CCn3cnnc3C2)c(CN)c1CC. The minimum Gasteiger partial charge on any atom is -0.346 e. The minimum absolute atomic E-state index is 0.490. The molecule has 0 radical (unpaired) electrons. The van der Waals surface area contributed by atoms with E-state index < -0.39 is 0 Å². The van der Waals surface area contributed by atoms with Crippen LogP contribution in [-0.2, 0) is 32.5 Å². The van der Waals surface area contributed by atoms with E-state index in [1.54, 1.807) is 6.33 Å². The van der Waals surface area contributed by atoms with Crippen LogP contribution < -0.4 is 10.6 Å². The first-order chi connectivity index (χ1) is 10.3. The highest BCUT2D eigenvalue weighted by Crippen LogP contribution is 2.26. The first-order valence-corrected chi connectivity index (χ1v) is 7.47. The molecule has 0 aromatic carbocycles. The van der Waals surface area contributed by atoms with Crippen LogP contribution in [0.1, 0.15) is 36.5 Å². The summed E-state index contributed by atoms with van der Waals surface area (Å²) in [7, 11) is 0. The molecule has 0 saturated carbocycles. The maximum atomic E-state index is 6.00. The molecule has 2 aromatic rings. The predicted molar refractivity (Wildman–Crippen MR) is 79.8 cm³/mol. The van der Waals surface area contributed by atoms with E-state index >= 15 is 0 Å². The van der Waals surface area contributed by atoms with Crippen molar-refractivity contribution in [2.75, 3.05) is 11.4 Å². The number of aromatic nitrogens is 5. The molecule has 3 rings (SSSR count). The third-order valence-corrected chi connectivity index (χ3v) is 4.08. The first kappa shape index (κ1) is 13.9. The lowest BCUT2D eigenvalue weighted by Gasteiger charge is -2.30. The van der Waals surface area contributed by atoms with E-state index in [1.807, 2.05) is 0 Å². The summed E-state index contributed by atoms with van der Waals surface area (Å²) in [6.45, 7) is 7.19. The Morgan fingerprint density at radius 1 is 1.10 bits per heavy atom. The Hall–Kier alpha value is -2.02. The molecule has 3 heterocycles. The van der Waals surface area contributed by atoms with Crippen molar-refractivity contribution in [2.45, 2.75) is 46.3 Å². The third-order valence-electron chi connectivity index (χ3n) is 4.08. The van der Waals surface area contributed by atoms with Gasteiger partial charge in [0.2, 0.25) is 0 Å². The Bertz CT molecular complexity index is 634. The Labute approximate surface area is 124 Å². The number of aryl methyl sites for hydroxylation is 1. The zero-order valence-electron chi connectivity index (χ0n) is 12.6. The second-order valence-electron chi connectivity index (χ2n) is 5.20. The molecule has 1 aliphatic heterocycles. The summed E-state index contributed by atoms with van der Waals surface area (Å²) in [4.78, 5) is 2.21. The van der Waals surface area contributed by atoms with Crippen molar-refractivity contribution in [3.63, 3.8) is 0 Å². The maximum Gasteiger partial charge on any atom is 0.156 e. The van der Waals surface area contributed by atoms with E-state index in [4.69, 9.17) is 5.73 Å². The molecule has 1 aliphatic rings. The molecule has 0 fully saturated rings. The summed E-state index contributed by atoms with van der Waals surface area (Å²) in [6, 6.07) is 0. The predicted octanol–water partition coefficient (Wildman–Crippen LogP) is 0.672. The van der Waals surface area contributed by atoms with Crippen LogP contribution in [0.15, 0.2) is 6.33 Å². The van der Waals surface area contributed by atoms with Crippen LogP contribution in [0.3, 0.4) is 0 Å². The van der Waals surface area contributed by atoms with Gasteiger partial charge in [0.15, 0.2) is 11.6 Å². The first-order valence-electron chi connectivity index (χ1n) is 7.47. The highest BCUT2D eigenvalue weighted by molar-refractivity contribution is 5.51. The number of nitrogens with zero attached hydrogens (tertiary/aromatic N) is 6. The van der Waals surface area contributed by atoms with Crippen LogP contribution in [0.5, 0.6) is 0 Å². The lowest BCUT2D eigenvalue weighted by molar-refractivity contribution is 0.551. The molecule has 0 aliphatic carbocycles. The molecule has 2 aromatic heterocycles. The second kappa shape index (κ2) is 5.77. The van der Waals surface area contributed by atoms with Gasteiger partial charge in [0.25, 0.3) is 0 Å². The van der Waals surface area contributed by atoms with E-state index in [2.05, 4.69) is 43.7 Å². The van der Waals surface area contributed by atoms with Crippen molar-refractivity contribution in [3.8, 4) is 0 Å². The van der Waals surface area contributed by atoms with Gasteiger partial charge in [-0.05, 0) is 18.4 Å². The summed E-state index contributed by atoms with van der Waals surface area (Å²) in [6.07, 6.45) is 3.60. The second-order valence-corrected chi connectivity index (χ2v) is 5.20. The van der Waals surface area contributed by atoms with Gasteiger partial charge in [-0.25, -0.2) is 0 Å². The van der Waals surface area contributed by atoms with Gasteiger partial charge < -0.3 is 15.2 Å². The molecule has 2 N–H and O–H groups in total. The van der Waals surface area contributed by atoms with Crippen LogP contribution in [0.4, 0.5) is 5.82 Å². The van der Waals surface area contributed by atoms with E-state index in [0.29, 0.717) is 13.1 Å². The quantitative estimate of drug-likeness (QED) is 0.889. The topological polar surface area (TPSA) is 85.8 Å². The van der Waals surface area contributed by atoms with Crippen molar-refractivity contribution >= 4 is 5.82 Å². The van der Waals surface area contributed by atoms with Crippen LogP contribution in [-0.4, -0.2) is 31.5 Å². The molecular weight excluding hydrogens is 266 g/mol. The summed E-state index contributed by atoms with van der Waals surface area (Å²) in [5, 5.41) is 17.0. The Morgan fingerprint density at radius 3 is 2.67 bits per heavy atom. The monoisotopic (exact) mass is 287 g/mol. The van der Waals surface area contributed by atoms with Gasteiger partial charge in [-0.1, -0.05) is 13.8 Å². The highest BCUT2D eigenvalue weighted by Gasteiger charge is 2.23. The summed E-state index contributed by atoms with van der Waals surface area (Å²) in [5.41, 5.74) is 9.43. The number of hydrogen-bond donors (Lipinski definition) is 1. The number of hydrogen-bond acceptors (Lipinski definition) is 6. The van der Waals surface area contributed by atoms with Gasteiger partial charge in [0.05, 0.1) is 12.2 Å². The molecule has 0 saturated heterocycles. The number of rotatable bonds is 4. The largest absolute Gasteiger partial charge is 0.346 e. The van der Waals surface area contributed by atoms with E-state index in [-0.39, 0.29) is 0 Å². The smallest absolute Gasteiger partial charge is 0.156 e. The van der Waals surface area contributed by atoms with Gasteiger partial charge in [0.1, 0.15) is 6.33 Å². The maximum absolute atomic E-state index is 6.00. The molecule has 0 bridgehead atoms. The van der Waals surface area contributed by atoms with Gasteiger partial charge in [0, 0.05) is 25.2 Å². The van der Waals surface area contributed by atoms with Gasteiger partial charge in [-0.15, -0.1) is 15.3 Å². The molecule has 0 unspecified atom stereocenters. The van der Waals surface area contributed by atoms with Crippen LogP contribution in [0.2, 0.25) is 0 Å². The molecule has 0 spiro atoms. The lowest BCUT2D eigenvalue weighted by Crippen LogP contribution is -2.35. The molecule has 112 valence electrons. The van der Waals surface area contributed by atoms with E-state index in [0.717, 1.165) is 48.8 Å². The van der Waals surface area contributed by atoms with Crippen molar-refractivity contribution in [3.05, 3.63) is 29.0 Å². The van der Waals surface area contributed by atoms with Gasteiger partial charge in [-0.3, -0.25) is 0 Å². The van der Waals surface area contributed by atoms with E-state index in [1.165, 1.54) is 5.56 Å². The summed E-state index contributed by atoms with van der Waals surface area (Å²) >= 11 is 0. The Balaban J connectivity index is 1.99. The summed E-state index contributed by atoms with van der Waals surface area (Å²) in [5.74, 6) is 1.87. The molecule has 0 amide bonds. The Morgan fingerprint density at radius 2 is 1.95 bits per heavy atom. The van der Waals surface area contributed by atoms with Crippen molar-refractivity contribution in [2.24, 2.45) is 5.73 Å². The zero-order valence-corrected chi connectivity index (χ0v) is 12.6. The van der Waals surface area contributed by atoms with Crippen molar-refractivity contribution in [1.82, 2.24) is 25.0 Å². The van der Waals surface area contributed by atoms with Gasteiger partial charge in [-0.2, -0.15) is 5.10 Å². The fourth-order valence-electron chi connectivity index (χ4n) is 2.95. The molecule has 0 atom stereocenters. The normalized spacial score (nSPS) is 14.3. The molecular formula is C14H21N7. The fraction of sp³-hybridized carbons (Fsp3) is 0.571. The number of nitrogens with two attached hydrogens (primary N) is 1. The highest BCUT2D eigenvalue weighted by atomic mass is 15.3. The minimum atomic E-state index is 0.490. The van der Waals surface area contributed by atoms with Crippen molar-refractivity contribution < 1.29 is 0 Å². The fourth-order valence-corrected chi connectivity index (χ4v) is 2.95. The van der Waals surface area contributed by atoms with Crippen molar-refractivity contribution in [1.29, 1.82) is 0 Å². The van der Waals surface area contributed by atoms with Crippen LogP contribution in [0.25, 0.3) is 0 Å². The van der Waals surface area contributed by atoms with Crippen LogP contribution in [0, 0.1) is 0 Å². The lowest BCUT2D eigenvalue weighted by atomic mass is 10.0. The summed E-state index contributed by atoms with van der Waals surface area (Å²) < 4.78 is 2.08. The standard InChI is InChI=1S/C14H21N7/c1-3-10-11(7-15)14(19-17-12(10)4-2)20-5-6-21-9-16-18-13(21)8-20/h9H,3-8,15H2,1-2H3. The molecule has 7 heteroatoms. The average Bonchev–Trinajstić information content (AvgIpc) is 3.00. The number of anilines is 1. The Kier molecular flexibility index (Phi) is 3.83. The third kappa shape index (κ3) is 2.37. The average molecular weight is 287 g/mol. The zero-order chi connectivity index (χ0) is 14.8. The van der Waals surface area contributed by atoms with Crippen LogP contribution >= 0.6 is 0 Å². The number of fused-ring (bicyclic) bond motifs is 1.